The lowest BCUT2D eigenvalue weighted by molar-refractivity contribution is -0.143. The van der Waals surface area contributed by atoms with E-state index in [4.69, 9.17) is 5.11 Å². The highest BCUT2D eigenvalue weighted by Crippen LogP contribution is 2.34. The van der Waals surface area contributed by atoms with Crippen molar-refractivity contribution in [2.45, 2.75) is 31.6 Å². The second kappa shape index (κ2) is 3.96. The molecular formula is C9H14N4O2. The molecule has 1 aliphatic carbocycles. The minimum Gasteiger partial charge on any atom is -0.481 e. The van der Waals surface area contributed by atoms with Gasteiger partial charge in [0.25, 0.3) is 0 Å². The summed E-state index contributed by atoms with van der Waals surface area (Å²) >= 11 is 0. The van der Waals surface area contributed by atoms with Crippen LogP contribution in [0.25, 0.3) is 0 Å². The molecule has 0 unspecified atom stereocenters. The largest absolute Gasteiger partial charge is 0.481 e. The molecule has 1 aliphatic rings. The molecule has 1 N–H and O–H groups in total. The molecule has 0 amide bonds. The molecule has 2 atom stereocenters. The summed E-state index contributed by atoms with van der Waals surface area (Å²) in [5, 5.41) is 20.3. The first-order chi connectivity index (χ1) is 7.18. The lowest BCUT2D eigenvalue weighted by Gasteiger charge is -2.25. The molecule has 1 heterocycles. The van der Waals surface area contributed by atoms with Crippen LogP contribution in [0.2, 0.25) is 0 Å². The number of carbonyl (C=O) groups is 1. The van der Waals surface area contributed by atoms with Crippen LogP contribution >= 0.6 is 0 Å². The zero-order chi connectivity index (χ0) is 10.8. The first-order valence-corrected chi connectivity index (χ1v) is 5.13. The molecule has 6 heteroatoms. The molecule has 0 radical (unpaired) electrons. The zero-order valence-corrected chi connectivity index (χ0v) is 8.63. The zero-order valence-electron chi connectivity index (χ0n) is 8.63. The van der Waals surface area contributed by atoms with E-state index in [1.54, 1.807) is 11.7 Å². The number of tetrazole rings is 1. The summed E-state index contributed by atoms with van der Waals surface area (Å²) < 4.78 is 1.63. The van der Waals surface area contributed by atoms with Crippen molar-refractivity contribution in [1.29, 1.82) is 0 Å². The fourth-order valence-electron chi connectivity index (χ4n) is 2.23. The van der Waals surface area contributed by atoms with Gasteiger partial charge < -0.3 is 5.11 Å². The van der Waals surface area contributed by atoms with Gasteiger partial charge in [-0.3, -0.25) is 4.79 Å². The lowest BCUT2D eigenvalue weighted by atomic mass is 9.81. The second-order valence-corrected chi connectivity index (χ2v) is 4.06. The van der Waals surface area contributed by atoms with Crippen LogP contribution < -0.4 is 0 Å². The summed E-state index contributed by atoms with van der Waals surface area (Å²) in [5.41, 5.74) is 0. The lowest BCUT2D eigenvalue weighted by Crippen LogP contribution is -2.23. The summed E-state index contributed by atoms with van der Waals surface area (Å²) in [4.78, 5) is 10.9. The van der Waals surface area contributed by atoms with Gasteiger partial charge in [0.2, 0.25) is 0 Å². The Morgan fingerprint density at radius 2 is 2.33 bits per heavy atom. The molecule has 0 aromatic carbocycles. The average molecular weight is 210 g/mol. The van der Waals surface area contributed by atoms with Crippen LogP contribution in [0, 0.1) is 5.92 Å². The van der Waals surface area contributed by atoms with Crippen LogP contribution in [-0.4, -0.2) is 31.3 Å². The SMILES string of the molecule is Cn1nnnc1[C@H]1CCC[C@@H](C(=O)O)C1. The molecule has 1 aromatic rings. The van der Waals surface area contributed by atoms with Crippen molar-refractivity contribution < 1.29 is 9.90 Å². The fraction of sp³-hybridized carbons (Fsp3) is 0.778. The Kier molecular flexibility index (Phi) is 2.66. The minimum atomic E-state index is -0.699. The third-order valence-electron chi connectivity index (χ3n) is 3.04. The maximum absolute atomic E-state index is 10.9. The Morgan fingerprint density at radius 3 is 2.93 bits per heavy atom. The number of hydrogen-bond donors (Lipinski definition) is 1. The summed E-state index contributed by atoms with van der Waals surface area (Å²) in [6.45, 7) is 0. The van der Waals surface area contributed by atoms with Crippen molar-refractivity contribution in [1.82, 2.24) is 20.2 Å². The molecule has 1 aromatic heterocycles. The van der Waals surface area contributed by atoms with Crippen LogP contribution in [0.4, 0.5) is 0 Å². The molecule has 15 heavy (non-hydrogen) atoms. The number of aliphatic carboxylic acids is 1. The van der Waals surface area contributed by atoms with Crippen LogP contribution in [-0.2, 0) is 11.8 Å². The highest BCUT2D eigenvalue weighted by molar-refractivity contribution is 5.70. The molecular weight excluding hydrogens is 196 g/mol. The molecule has 0 spiro atoms. The van der Waals surface area contributed by atoms with Crippen molar-refractivity contribution in [3.8, 4) is 0 Å². The van der Waals surface area contributed by atoms with Crippen LogP contribution in [0.15, 0.2) is 0 Å². The number of carboxylic acids is 1. The maximum atomic E-state index is 10.9. The molecule has 1 saturated carbocycles. The van der Waals surface area contributed by atoms with E-state index in [2.05, 4.69) is 15.5 Å². The first kappa shape index (κ1) is 10.1. The Hall–Kier alpha value is -1.46. The third kappa shape index (κ3) is 1.98. The standard InChI is InChI=1S/C9H14N4O2/c1-13-8(10-11-12-13)6-3-2-4-7(5-6)9(14)15/h6-7H,2-5H2,1H3,(H,14,15)/t6-,7+/m0/s1. The summed E-state index contributed by atoms with van der Waals surface area (Å²) in [7, 11) is 1.79. The average Bonchev–Trinajstić information content (AvgIpc) is 2.64. The number of rotatable bonds is 2. The molecule has 2 rings (SSSR count). The van der Waals surface area contributed by atoms with Gasteiger partial charge in [0, 0.05) is 13.0 Å². The van der Waals surface area contributed by atoms with Crippen LogP contribution in [0.1, 0.15) is 37.4 Å². The van der Waals surface area contributed by atoms with Gasteiger partial charge in [0.15, 0.2) is 5.82 Å². The molecule has 82 valence electrons. The summed E-state index contributed by atoms with van der Waals surface area (Å²) in [6, 6.07) is 0. The van der Waals surface area contributed by atoms with Gasteiger partial charge in [-0.2, -0.15) is 0 Å². The monoisotopic (exact) mass is 210 g/mol. The van der Waals surface area contributed by atoms with Gasteiger partial charge in [-0.1, -0.05) is 6.42 Å². The number of hydrogen-bond acceptors (Lipinski definition) is 4. The topological polar surface area (TPSA) is 80.9 Å². The normalized spacial score (nSPS) is 26.5. The predicted octanol–water partition coefficient (Wildman–Crippen LogP) is 0.568. The van der Waals surface area contributed by atoms with Gasteiger partial charge in [0.05, 0.1) is 5.92 Å². The van der Waals surface area contributed by atoms with Gasteiger partial charge in [-0.15, -0.1) is 5.10 Å². The van der Waals surface area contributed by atoms with E-state index in [-0.39, 0.29) is 11.8 Å². The predicted molar refractivity (Wildman–Crippen MR) is 51.1 cm³/mol. The van der Waals surface area contributed by atoms with Crippen molar-refractivity contribution in [2.75, 3.05) is 0 Å². The molecule has 1 fully saturated rings. The van der Waals surface area contributed by atoms with E-state index in [9.17, 15) is 4.79 Å². The van der Waals surface area contributed by atoms with Crippen molar-refractivity contribution in [3.63, 3.8) is 0 Å². The Labute approximate surface area is 87.3 Å². The van der Waals surface area contributed by atoms with Crippen LogP contribution in [0.5, 0.6) is 0 Å². The number of aryl methyl sites for hydroxylation is 1. The van der Waals surface area contributed by atoms with E-state index < -0.39 is 5.97 Å². The van der Waals surface area contributed by atoms with Gasteiger partial charge in [0.1, 0.15) is 0 Å². The van der Waals surface area contributed by atoms with E-state index in [1.807, 2.05) is 0 Å². The van der Waals surface area contributed by atoms with Crippen LogP contribution in [0.3, 0.4) is 0 Å². The van der Waals surface area contributed by atoms with E-state index in [1.165, 1.54) is 0 Å². The number of nitrogens with zero attached hydrogens (tertiary/aromatic N) is 4. The first-order valence-electron chi connectivity index (χ1n) is 5.13. The fourth-order valence-corrected chi connectivity index (χ4v) is 2.23. The number of aromatic nitrogens is 4. The second-order valence-electron chi connectivity index (χ2n) is 4.06. The smallest absolute Gasteiger partial charge is 0.306 e. The van der Waals surface area contributed by atoms with Gasteiger partial charge >= 0.3 is 5.97 Å². The maximum Gasteiger partial charge on any atom is 0.306 e. The number of carboxylic acid groups (broad SMARTS) is 1. The van der Waals surface area contributed by atoms with Crippen molar-refractivity contribution >= 4 is 5.97 Å². The Morgan fingerprint density at radius 1 is 1.53 bits per heavy atom. The van der Waals surface area contributed by atoms with E-state index in [0.717, 1.165) is 25.1 Å². The summed E-state index contributed by atoms with van der Waals surface area (Å²) in [5.74, 6) is 0.0658. The minimum absolute atomic E-state index is 0.194. The highest BCUT2D eigenvalue weighted by Gasteiger charge is 2.30. The molecule has 0 aliphatic heterocycles. The Balaban J connectivity index is 2.11. The molecule has 0 saturated heterocycles. The van der Waals surface area contributed by atoms with E-state index in [0.29, 0.717) is 6.42 Å². The van der Waals surface area contributed by atoms with Gasteiger partial charge in [-0.05, 0) is 29.7 Å². The Bertz CT molecular complexity index is 363. The van der Waals surface area contributed by atoms with Crippen molar-refractivity contribution in [3.05, 3.63) is 5.82 Å². The highest BCUT2D eigenvalue weighted by atomic mass is 16.4. The quantitative estimate of drug-likeness (QED) is 0.771. The van der Waals surface area contributed by atoms with E-state index >= 15 is 0 Å². The molecule has 0 bridgehead atoms. The van der Waals surface area contributed by atoms with Gasteiger partial charge in [-0.25, -0.2) is 4.68 Å². The molecule has 6 nitrogen and oxygen atoms in total. The van der Waals surface area contributed by atoms with Crippen molar-refractivity contribution in [2.24, 2.45) is 13.0 Å². The third-order valence-corrected chi connectivity index (χ3v) is 3.04. The summed E-state index contributed by atoms with van der Waals surface area (Å²) in [6.07, 6.45) is 3.35.